The first-order valence-corrected chi connectivity index (χ1v) is 36.5. The molecule has 0 aliphatic carbocycles. The Balaban J connectivity index is 3.40. The van der Waals surface area contributed by atoms with E-state index in [0.717, 1.165) is 38.5 Å². The summed E-state index contributed by atoms with van der Waals surface area (Å²) < 4.78 is 5.50. The summed E-state index contributed by atoms with van der Waals surface area (Å²) in [6.45, 7) is 4.95. The maximum atomic E-state index is 12.5. The van der Waals surface area contributed by atoms with Gasteiger partial charge in [0.1, 0.15) is 0 Å². The summed E-state index contributed by atoms with van der Waals surface area (Å²) in [7, 11) is 0. The molecule has 0 aromatic heterocycles. The molecule has 2 atom stereocenters. The lowest BCUT2D eigenvalue weighted by Gasteiger charge is -2.20. The highest BCUT2D eigenvalue weighted by molar-refractivity contribution is 5.76. The smallest absolute Gasteiger partial charge is 0.305 e. The molecule has 79 heavy (non-hydrogen) atoms. The third kappa shape index (κ3) is 65.6. The summed E-state index contributed by atoms with van der Waals surface area (Å²) in [5.74, 6) is -0.0472. The lowest BCUT2D eigenvalue weighted by atomic mass is 10.0. The lowest BCUT2D eigenvalue weighted by molar-refractivity contribution is -0.143. The molecule has 470 valence electrons. The number of ether oxygens (including phenoxy) is 1. The minimum atomic E-state index is -0.846. The molecule has 6 nitrogen and oxygen atoms in total. The van der Waals surface area contributed by atoms with Gasteiger partial charge in [0, 0.05) is 12.8 Å². The second-order valence-corrected chi connectivity index (χ2v) is 25.3. The van der Waals surface area contributed by atoms with Crippen LogP contribution in [0, 0.1) is 0 Å². The summed E-state index contributed by atoms with van der Waals surface area (Å²) in [5.41, 5.74) is 0. The molecule has 0 aromatic rings. The van der Waals surface area contributed by atoms with Gasteiger partial charge in [-0.2, -0.15) is 0 Å². The van der Waals surface area contributed by atoms with Crippen molar-refractivity contribution in [1.82, 2.24) is 5.32 Å². The van der Waals surface area contributed by atoms with Gasteiger partial charge in [-0.25, -0.2) is 0 Å². The van der Waals surface area contributed by atoms with Gasteiger partial charge in [-0.3, -0.25) is 9.59 Å². The quantitative estimate of drug-likeness (QED) is 0.0320. The number of hydrogen-bond donors (Lipinski definition) is 3. The molecule has 6 heteroatoms. The highest BCUT2D eigenvalue weighted by Crippen LogP contribution is 2.19. The van der Waals surface area contributed by atoms with Gasteiger partial charge in [-0.15, -0.1) is 0 Å². The van der Waals surface area contributed by atoms with Gasteiger partial charge in [-0.05, 0) is 32.1 Å². The maximum Gasteiger partial charge on any atom is 0.305 e. The van der Waals surface area contributed by atoms with Crippen LogP contribution in [0.25, 0.3) is 0 Å². The van der Waals surface area contributed by atoms with Gasteiger partial charge in [0.05, 0.1) is 25.4 Å². The fraction of sp³-hybridized carbons (Fsp3) is 0.945. The van der Waals surface area contributed by atoms with E-state index < -0.39 is 12.1 Å². The number of rotatable bonds is 69. The number of aliphatic hydroxyl groups is 2. The van der Waals surface area contributed by atoms with E-state index in [1.165, 1.54) is 353 Å². The molecule has 0 heterocycles. The van der Waals surface area contributed by atoms with Crippen LogP contribution in [0.4, 0.5) is 0 Å². The third-order valence-electron chi connectivity index (χ3n) is 17.3. The molecule has 0 spiro atoms. The second-order valence-electron chi connectivity index (χ2n) is 25.3. The number of amides is 1. The predicted molar refractivity (Wildman–Crippen MR) is 347 cm³/mol. The normalized spacial score (nSPS) is 12.5. The molecule has 0 fully saturated rings. The molecule has 3 N–H and O–H groups in total. The standard InChI is InChI=1S/C73H143NO5/c1-3-5-7-9-11-13-15-17-19-21-22-23-24-25-26-28-31-34-37-41-45-49-53-57-61-65-71(76)70(69-75)74-72(77)66-62-58-54-50-46-42-38-35-32-29-27-30-33-36-40-44-48-52-56-60-64-68-79-73(78)67-63-59-55-51-47-43-39-20-18-16-14-12-10-8-6-4-2/h61,65,70-71,75-76H,3-60,62-64,66-69H2,1-2H3,(H,74,77)/b65-61+. The number of carbonyl (C=O) groups excluding carboxylic acids is 2. The van der Waals surface area contributed by atoms with Crippen LogP contribution in [0.15, 0.2) is 12.2 Å². The molecule has 0 aromatic carbocycles. The fourth-order valence-electron chi connectivity index (χ4n) is 11.8. The topological polar surface area (TPSA) is 95.9 Å². The van der Waals surface area contributed by atoms with Crippen LogP contribution in [0.2, 0.25) is 0 Å². The van der Waals surface area contributed by atoms with Crippen LogP contribution in [-0.2, 0) is 14.3 Å². The van der Waals surface area contributed by atoms with Gasteiger partial charge in [-0.1, -0.05) is 386 Å². The molecule has 0 aliphatic heterocycles. The Hall–Kier alpha value is -1.40. The first-order valence-electron chi connectivity index (χ1n) is 36.5. The Bertz CT molecular complexity index is 1190. The van der Waals surface area contributed by atoms with Crippen LogP contribution in [0.5, 0.6) is 0 Å². The summed E-state index contributed by atoms with van der Waals surface area (Å²) in [6.07, 6.45) is 85.8. The number of carbonyl (C=O) groups is 2. The predicted octanol–water partition coefficient (Wildman–Crippen LogP) is 23.5. The molecule has 2 unspecified atom stereocenters. The van der Waals surface area contributed by atoms with E-state index in [2.05, 4.69) is 19.2 Å². The van der Waals surface area contributed by atoms with Crippen molar-refractivity contribution in [2.24, 2.45) is 0 Å². The first kappa shape index (κ1) is 77.6. The van der Waals surface area contributed by atoms with E-state index in [1.807, 2.05) is 6.08 Å². The Morgan fingerprint density at radius 3 is 0.861 bits per heavy atom. The van der Waals surface area contributed by atoms with Crippen molar-refractivity contribution >= 4 is 11.9 Å². The van der Waals surface area contributed by atoms with Gasteiger partial charge in [0.2, 0.25) is 5.91 Å². The van der Waals surface area contributed by atoms with E-state index in [9.17, 15) is 19.8 Å². The summed E-state index contributed by atoms with van der Waals surface area (Å²) >= 11 is 0. The number of nitrogens with one attached hydrogen (secondary N) is 1. The summed E-state index contributed by atoms with van der Waals surface area (Å²) in [6, 6.07) is -0.629. The van der Waals surface area contributed by atoms with Gasteiger partial charge >= 0.3 is 5.97 Å². The average Bonchev–Trinajstić information content (AvgIpc) is 3.45. The van der Waals surface area contributed by atoms with Crippen LogP contribution in [-0.4, -0.2) is 47.4 Å². The summed E-state index contributed by atoms with van der Waals surface area (Å²) in [5, 5.41) is 23.3. The van der Waals surface area contributed by atoms with Crippen molar-refractivity contribution in [2.45, 2.75) is 431 Å². The highest BCUT2D eigenvalue weighted by Gasteiger charge is 2.18. The monoisotopic (exact) mass is 1110 g/mol. The number of esters is 1. The fourth-order valence-corrected chi connectivity index (χ4v) is 11.8. The molecule has 0 saturated carbocycles. The number of allylic oxidation sites excluding steroid dienone is 1. The Kier molecular flexibility index (Phi) is 67.9. The second kappa shape index (κ2) is 69.1. The molecule has 0 rings (SSSR count). The molecular weight excluding hydrogens is 971 g/mol. The molecule has 0 bridgehead atoms. The number of hydrogen-bond acceptors (Lipinski definition) is 5. The zero-order valence-electron chi connectivity index (χ0n) is 53.9. The summed E-state index contributed by atoms with van der Waals surface area (Å²) in [4.78, 5) is 24.6. The van der Waals surface area contributed by atoms with Crippen molar-refractivity contribution in [3.63, 3.8) is 0 Å². The van der Waals surface area contributed by atoms with Crippen molar-refractivity contribution < 1.29 is 24.5 Å². The largest absolute Gasteiger partial charge is 0.466 e. The Labute approximate surface area is 495 Å². The maximum absolute atomic E-state index is 12.5. The molecule has 0 saturated heterocycles. The molecule has 0 aliphatic rings. The molecule has 0 radical (unpaired) electrons. The van der Waals surface area contributed by atoms with E-state index in [0.29, 0.717) is 19.4 Å². The Morgan fingerprint density at radius 2 is 0.582 bits per heavy atom. The number of aliphatic hydroxyl groups excluding tert-OH is 2. The lowest BCUT2D eigenvalue weighted by Crippen LogP contribution is -2.45. The third-order valence-corrected chi connectivity index (χ3v) is 17.3. The van der Waals surface area contributed by atoms with Crippen LogP contribution >= 0.6 is 0 Å². The van der Waals surface area contributed by atoms with Crippen molar-refractivity contribution in [3.05, 3.63) is 12.2 Å². The zero-order chi connectivity index (χ0) is 57.1. The molecular formula is C73H143NO5. The van der Waals surface area contributed by atoms with E-state index >= 15 is 0 Å². The Morgan fingerprint density at radius 1 is 0.342 bits per heavy atom. The number of unbranched alkanes of at least 4 members (excludes halogenated alkanes) is 58. The van der Waals surface area contributed by atoms with Crippen molar-refractivity contribution in [3.8, 4) is 0 Å². The molecule has 1 amide bonds. The minimum absolute atomic E-state index is 0.0162. The first-order chi connectivity index (χ1) is 39.0. The van der Waals surface area contributed by atoms with Gasteiger partial charge in [0.15, 0.2) is 0 Å². The van der Waals surface area contributed by atoms with Crippen molar-refractivity contribution in [2.75, 3.05) is 13.2 Å². The van der Waals surface area contributed by atoms with E-state index in [4.69, 9.17) is 4.74 Å². The van der Waals surface area contributed by atoms with E-state index in [1.54, 1.807) is 6.08 Å². The van der Waals surface area contributed by atoms with Crippen molar-refractivity contribution in [1.29, 1.82) is 0 Å². The zero-order valence-corrected chi connectivity index (χ0v) is 53.9. The van der Waals surface area contributed by atoms with Crippen LogP contribution in [0.1, 0.15) is 418 Å². The minimum Gasteiger partial charge on any atom is -0.466 e. The van der Waals surface area contributed by atoms with Gasteiger partial charge in [0.25, 0.3) is 0 Å². The van der Waals surface area contributed by atoms with Crippen LogP contribution < -0.4 is 5.32 Å². The van der Waals surface area contributed by atoms with Crippen LogP contribution in [0.3, 0.4) is 0 Å². The SMILES string of the molecule is CCCCCCCCCCCCCCCCCCCCCCCCC/C=C/C(O)C(CO)NC(=O)CCCCCCCCCCCCCCCCCCCCCCCOC(=O)CCCCCCCCCCCCCCCCCC. The van der Waals surface area contributed by atoms with Gasteiger partial charge < -0.3 is 20.3 Å². The average molecular weight is 1110 g/mol. The highest BCUT2D eigenvalue weighted by atomic mass is 16.5. The van der Waals surface area contributed by atoms with E-state index in [-0.39, 0.29) is 18.5 Å².